The van der Waals surface area contributed by atoms with Gasteiger partial charge in [0, 0.05) is 19.3 Å². The number of hydrogen-bond acceptors (Lipinski definition) is 6. The van der Waals surface area contributed by atoms with Crippen LogP contribution in [0.1, 0.15) is 111 Å². The molecule has 228 valence electrons. The number of nitrogens with one attached hydrogen (secondary N) is 2. The van der Waals surface area contributed by atoms with Crippen LogP contribution in [0, 0.1) is 11.8 Å². The quantitative estimate of drug-likeness (QED) is 0.276. The highest BCUT2D eigenvalue weighted by Gasteiger charge is 2.40. The maximum absolute atomic E-state index is 14.0. The standard InChI is InChI=1S/C28H33F5N6O3/c1-15(2)23-19(14-42-38-23)26(41)37-25(17-5-8-27(29,30)9-6-17)20-13-39-21(35-20)11-18(12-34-39)24(16-3-4-16)36-22(40)7-10-28(31,32)33/h11-17,24-25H,3-10H2,1-2H3,(H,36,40)(H,37,41)/t24-,25+/m1/s1. The molecular weight excluding hydrogens is 563 g/mol. The van der Waals surface area contributed by atoms with Crippen LogP contribution in [0.15, 0.2) is 29.2 Å². The molecule has 3 aromatic heterocycles. The number of halogens is 5. The summed E-state index contributed by atoms with van der Waals surface area (Å²) in [6, 6.07) is 0.492. The summed E-state index contributed by atoms with van der Waals surface area (Å²) in [5, 5.41) is 14.0. The zero-order valence-corrected chi connectivity index (χ0v) is 23.3. The third kappa shape index (κ3) is 7.06. The SMILES string of the molecule is CC(C)c1nocc1C(=O)N[C@H](c1cn2ncc([C@H](NC(=O)CCC(F)(F)F)C3CC3)cc2n1)C1CCC(F)(F)CC1. The smallest absolute Gasteiger partial charge is 0.364 e. The Kier molecular flexibility index (Phi) is 8.26. The van der Waals surface area contributed by atoms with Gasteiger partial charge in [-0.15, -0.1) is 0 Å². The van der Waals surface area contributed by atoms with Gasteiger partial charge in [-0.2, -0.15) is 18.3 Å². The van der Waals surface area contributed by atoms with E-state index < -0.39 is 48.8 Å². The fraction of sp³-hybridized carbons (Fsp3) is 0.607. The fourth-order valence-corrected chi connectivity index (χ4v) is 5.51. The van der Waals surface area contributed by atoms with E-state index in [2.05, 4.69) is 25.9 Å². The lowest BCUT2D eigenvalue weighted by Crippen LogP contribution is -2.37. The number of carbonyl (C=O) groups is 2. The number of aromatic nitrogens is 4. The lowest BCUT2D eigenvalue weighted by Gasteiger charge is -2.33. The van der Waals surface area contributed by atoms with Crippen molar-refractivity contribution < 1.29 is 36.1 Å². The topological polar surface area (TPSA) is 114 Å². The summed E-state index contributed by atoms with van der Waals surface area (Å²) in [7, 11) is 0. The van der Waals surface area contributed by atoms with Gasteiger partial charge in [-0.3, -0.25) is 9.59 Å². The summed E-state index contributed by atoms with van der Waals surface area (Å²) in [6.45, 7) is 3.74. The first-order valence-corrected chi connectivity index (χ1v) is 14.1. The first kappa shape index (κ1) is 29.9. The molecule has 2 fully saturated rings. The van der Waals surface area contributed by atoms with E-state index in [4.69, 9.17) is 4.52 Å². The zero-order valence-electron chi connectivity index (χ0n) is 23.3. The zero-order chi connectivity index (χ0) is 30.2. The molecule has 2 aliphatic rings. The number of hydrogen-bond donors (Lipinski definition) is 2. The van der Waals surface area contributed by atoms with E-state index in [1.54, 1.807) is 12.3 Å². The third-order valence-electron chi connectivity index (χ3n) is 7.99. The minimum absolute atomic E-state index is 0.0770. The molecule has 2 saturated carbocycles. The molecule has 3 heterocycles. The molecule has 0 saturated heterocycles. The summed E-state index contributed by atoms with van der Waals surface area (Å²) >= 11 is 0. The number of carbonyl (C=O) groups excluding carboxylic acids is 2. The molecule has 0 aliphatic heterocycles. The second kappa shape index (κ2) is 11.6. The predicted molar refractivity (Wildman–Crippen MR) is 140 cm³/mol. The third-order valence-corrected chi connectivity index (χ3v) is 7.99. The van der Waals surface area contributed by atoms with Gasteiger partial charge in [0.2, 0.25) is 11.8 Å². The van der Waals surface area contributed by atoms with E-state index >= 15 is 0 Å². The van der Waals surface area contributed by atoms with Crippen LogP contribution in [-0.2, 0) is 4.79 Å². The van der Waals surface area contributed by atoms with Gasteiger partial charge in [-0.05, 0) is 55.1 Å². The van der Waals surface area contributed by atoms with Gasteiger partial charge in [-0.1, -0.05) is 19.0 Å². The molecule has 14 heteroatoms. The van der Waals surface area contributed by atoms with Crippen molar-refractivity contribution in [2.75, 3.05) is 0 Å². The van der Waals surface area contributed by atoms with E-state index in [9.17, 15) is 31.5 Å². The Hall–Kier alpha value is -3.58. The Balaban J connectivity index is 1.40. The van der Waals surface area contributed by atoms with Crippen LogP contribution in [0.5, 0.6) is 0 Å². The average molecular weight is 597 g/mol. The van der Waals surface area contributed by atoms with Gasteiger partial charge in [0.25, 0.3) is 5.91 Å². The largest absolute Gasteiger partial charge is 0.389 e. The summed E-state index contributed by atoms with van der Waals surface area (Å²) in [5.41, 5.74) is 2.17. The van der Waals surface area contributed by atoms with Crippen molar-refractivity contribution in [3.8, 4) is 0 Å². The molecule has 2 atom stereocenters. The van der Waals surface area contributed by atoms with Crippen molar-refractivity contribution in [2.45, 2.75) is 95.3 Å². The highest BCUT2D eigenvalue weighted by atomic mass is 19.4. The maximum atomic E-state index is 14.0. The average Bonchev–Trinajstić information content (AvgIpc) is 3.47. The Morgan fingerprint density at radius 1 is 1.10 bits per heavy atom. The Labute approximate surface area is 238 Å². The number of alkyl halides is 5. The van der Waals surface area contributed by atoms with Gasteiger partial charge in [0.05, 0.1) is 42.3 Å². The van der Waals surface area contributed by atoms with Gasteiger partial charge < -0.3 is 15.2 Å². The van der Waals surface area contributed by atoms with Gasteiger partial charge in [-0.25, -0.2) is 18.3 Å². The van der Waals surface area contributed by atoms with Crippen LogP contribution in [0.4, 0.5) is 22.0 Å². The molecule has 0 radical (unpaired) electrons. The molecule has 5 rings (SSSR count). The van der Waals surface area contributed by atoms with Crippen LogP contribution in [-0.4, -0.2) is 43.7 Å². The molecule has 2 N–H and O–H groups in total. The molecule has 2 aliphatic carbocycles. The van der Waals surface area contributed by atoms with Gasteiger partial charge in [0.15, 0.2) is 5.65 Å². The minimum Gasteiger partial charge on any atom is -0.364 e. The van der Waals surface area contributed by atoms with Crippen molar-refractivity contribution in [3.05, 3.63) is 47.2 Å². The highest BCUT2D eigenvalue weighted by molar-refractivity contribution is 5.95. The van der Waals surface area contributed by atoms with E-state index in [0.717, 1.165) is 12.8 Å². The predicted octanol–water partition coefficient (Wildman–Crippen LogP) is 6.05. The van der Waals surface area contributed by atoms with Gasteiger partial charge in [0.1, 0.15) is 11.8 Å². The van der Waals surface area contributed by atoms with E-state index in [-0.39, 0.29) is 49.0 Å². The van der Waals surface area contributed by atoms with Crippen LogP contribution < -0.4 is 10.6 Å². The van der Waals surface area contributed by atoms with Crippen molar-refractivity contribution in [1.82, 2.24) is 30.4 Å². The van der Waals surface area contributed by atoms with Crippen LogP contribution in [0.25, 0.3) is 5.65 Å². The molecule has 9 nitrogen and oxygen atoms in total. The number of imidazole rings is 1. The second-order valence-corrected chi connectivity index (χ2v) is 11.7. The number of amides is 2. The molecule has 0 aromatic carbocycles. The Morgan fingerprint density at radius 2 is 1.79 bits per heavy atom. The second-order valence-electron chi connectivity index (χ2n) is 11.7. The lowest BCUT2D eigenvalue weighted by molar-refractivity contribution is -0.144. The first-order chi connectivity index (χ1) is 19.8. The van der Waals surface area contributed by atoms with Gasteiger partial charge >= 0.3 is 6.18 Å². The maximum Gasteiger partial charge on any atom is 0.389 e. The van der Waals surface area contributed by atoms with Crippen LogP contribution in [0.3, 0.4) is 0 Å². The number of nitrogens with zero attached hydrogens (tertiary/aromatic N) is 4. The Bertz CT molecular complexity index is 1420. The number of fused-ring (bicyclic) bond motifs is 1. The lowest BCUT2D eigenvalue weighted by atomic mass is 9.81. The summed E-state index contributed by atoms with van der Waals surface area (Å²) < 4.78 is 72.3. The van der Waals surface area contributed by atoms with Crippen molar-refractivity contribution in [1.29, 1.82) is 0 Å². The summed E-state index contributed by atoms with van der Waals surface area (Å²) in [6.07, 6.45) is -0.491. The summed E-state index contributed by atoms with van der Waals surface area (Å²) in [5.74, 6) is -4.23. The summed E-state index contributed by atoms with van der Waals surface area (Å²) in [4.78, 5) is 30.3. The molecule has 2 amide bonds. The van der Waals surface area contributed by atoms with Crippen LogP contribution >= 0.6 is 0 Å². The molecule has 42 heavy (non-hydrogen) atoms. The van der Waals surface area contributed by atoms with Crippen molar-refractivity contribution in [2.24, 2.45) is 11.8 Å². The first-order valence-electron chi connectivity index (χ1n) is 14.1. The molecule has 3 aromatic rings. The highest BCUT2D eigenvalue weighted by Crippen LogP contribution is 2.43. The van der Waals surface area contributed by atoms with Crippen molar-refractivity contribution in [3.63, 3.8) is 0 Å². The minimum atomic E-state index is -4.43. The monoisotopic (exact) mass is 596 g/mol. The van der Waals surface area contributed by atoms with E-state index in [1.165, 1.54) is 17.0 Å². The van der Waals surface area contributed by atoms with E-state index in [0.29, 0.717) is 22.6 Å². The van der Waals surface area contributed by atoms with Crippen molar-refractivity contribution >= 4 is 17.5 Å². The molecule has 0 bridgehead atoms. The molecular formula is C28H33F5N6O3. The number of rotatable bonds is 10. The molecule has 0 spiro atoms. The fourth-order valence-electron chi connectivity index (χ4n) is 5.51. The van der Waals surface area contributed by atoms with E-state index in [1.807, 2.05) is 13.8 Å². The molecule has 0 unspecified atom stereocenters. The normalized spacial score (nSPS) is 19.1. The Morgan fingerprint density at radius 3 is 2.43 bits per heavy atom. The van der Waals surface area contributed by atoms with Crippen LogP contribution in [0.2, 0.25) is 0 Å².